The van der Waals surface area contributed by atoms with Crippen LogP contribution in [0.25, 0.3) is 0 Å². The van der Waals surface area contributed by atoms with E-state index in [0.717, 1.165) is 16.6 Å². The van der Waals surface area contributed by atoms with E-state index in [1.165, 1.54) is 5.56 Å². The van der Waals surface area contributed by atoms with Gasteiger partial charge in [0.1, 0.15) is 5.82 Å². The monoisotopic (exact) mass is 350 g/mol. The number of nitrogens with one attached hydrogen (secondary N) is 2. The minimum absolute atomic E-state index is 0.0250. The van der Waals surface area contributed by atoms with Crippen molar-refractivity contribution in [3.05, 3.63) is 40.5 Å². The van der Waals surface area contributed by atoms with Crippen LogP contribution < -0.4 is 10.6 Å². The van der Waals surface area contributed by atoms with Crippen molar-refractivity contribution >= 4 is 33.4 Å². The van der Waals surface area contributed by atoms with Crippen LogP contribution in [0.1, 0.15) is 18.9 Å². The number of aliphatic hydroxyl groups is 1. The van der Waals surface area contributed by atoms with Crippen molar-refractivity contribution in [1.82, 2.24) is 9.97 Å². The Morgan fingerprint density at radius 2 is 2.19 bits per heavy atom. The average molecular weight is 351 g/mol. The molecule has 2 aromatic rings. The summed E-state index contributed by atoms with van der Waals surface area (Å²) in [5.41, 5.74) is 2.11. The topological polar surface area (TPSA) is 70.1 Å². The molecule has 0 radical (unpaired) electrons. The molecule has 0 saturated heterocycles. The van der Waals surface area contributed by atoms with Gasteiger partial charge in [-0.3, -0.25) is 0 Å². The molecule has 0 aliphatic heterocycles. The van der Waals surface area contributed by atoms with E-state index in [1.807, 2.05) is 38.1 Å². The molecule has 0 saturated carbocycles. The van der Waals surface area contributed by atoms with Crippen LogP contribution in [0.5, 0.6) is 0 Å². The fraction of sp³-hybridized carbons (Fsp3) is 0.333. The molecule has 0 amide bonds. The van der Waals surface area contributed by atoms with Gasteiger partial charge in [0.05, 0.1) is 17.1 Å². The Labute approximate surface area is 133 Å². The van der Waals surface area contributed by atoms with Crippen LogP contribution in [0.2, 0.25) is 0 Å². The zero-order valence-corrected chi connectivity index (χ0v) is 13.7. The summed E-state index contributed by atoms with van der Waals surface area (Å²) in [4.78, 5) is 8.69. The minimum atomic E-state index is -0.0250. The standard InChI is InChI=1S/C15H19BrN4O/c1-3-11(9-21)18-14-13(16)8-17-15(20-14)19-12-6-4-5-10(2)7-12/h4-8,11,21H,3,9H2,1-2H3,(H2,17,18,19,20). The quantitative estimate of drug-likeness (QED) is 0.743. The molecule has 0 spiro atoms. The van der Waals surface area contributed by atoms with Gasteiger partial charge in [-0.1, -0.05) is 19.1 Å². The highest BCUT2D eigenvalue weighted by Crippen LogP contribution is 2.23. The van der Waals surface area contributed by atoms with E-state index in [9.17, 15) is 5.11 Å². The lowest BCUT2D eigenvalue weighted by molar-refractivity contribution is 0.271. The van der Waals surface area contributed by atoms with Gasteiger partial charge in [-0.25, -0.2) is 4.98 Å². The number of nitrogens with zero attached hydrogens (tertiary/aromatic N) is 2. The predicted octanol–water partition coefficient (Wildman–Crippen LogP) is 3.47. The lowest BCUT2D eigenvalue weighted by Crippen LogP contribution is -2.23. The number of hydrogen-bond acceptors (Lipinski definition) is 5. The Hall–Kier alpha value is -1.66. The Kier molecular flexibility index (Phi) is 5.52. The first-order chi connectivity index (χ1) is 10.1. The highest BCUT2D eigenvalue weighted by atomic mass is 79.9. The Balaban J connectivity index is 2.18. The molecule has 0 aliphatic rings. The summed E-state index contributed by atoms with van der Waals surface area (Å²) in [6, 6.07) is 7.99. The van der Waals surface area contributed by atoms with Gasteiger partial charge in [-0.15, -0.1) is 0 Å². The van der Waals surface area contributed by atoms with Gasteiger partial charge >= 0.3 is 0 Å². The SMILES string of the molecule is CCC(CO)Nc1nc(Nc2cccc(C)c2)ncc1Br. The van der Waals surface area contributed by atoms with Crippen LogP contribution in [-0.2, 0) is 0 Å². The normalized spacial score (nSPS) is 12.0. The first-order valence-corrected chi connectivity index (χ1v) is 7.65. The maximum Gasteiger partial charge on any atom is 0.229 e. The van der Waals surface area contributed by atoms with Crippen LogP contribution >= 0.6 is 15.9 Å². The molecule has 112 valence electrons. The summed E-state index contributed by atoms with van der Waals surface area (Å²) in [6.07, 6.45) is 2.51. The number of aromatic nitrogens is 2. The predicted molar refractivity (Wildman–Crippen MR) is 89.0 cm³/mol. The molecule has 0 aliphatic carbocycles. The van der Waals surface area contributed by atoms with Gasteiger partial charge < -0.3 is 15.7 Å². The number of aliphatic hydroxyl groups excluding tert-OH is 1. The molecule has 3 N–H and O–H groups in total. The van der Waals surface area contributed by atoms with Gasteiger partial charge in [0.25, 0.3) is 0 Å². The van der Waals surface area contributed by atoms with Crippen LogP contribution in [0, 0.1) is 6.92 Å². The summed E-state index contributed by atoms with van der Waals surface area (Å²) in [6.45, 7) is 4.11. The van der Waals surface area contributed by atoms with Crippen molar-refractivity contribution < 1.29 is 5.11 Å². The zero-order valence-electron chi connectivity index (χ0n) is 12.1. The smallest absolute Gasteiger partial charge is 0.229 e. The number of hydrogen-bond donors (Lipinski definition) is 3. The maximum absolute atomic E-state index is 9.28. The van der Waals surface area contributed by atoms with E-state index in [-0.39, 0.29) is 12.6 Å². The second kappa shape index (κ2) is 7.38. The second-order valence-electron chi connectivity index (χ2n) is 4.82. The molecule has 0 fully saturated rings. The molecule has 1 aromatic carbocycles. The molecule has 21 heavy (non-hydrogen) atoms. The Morgan fingerprint density at radius 3 is 2.86 bits per heavy atom. The lowest BCUT2D eigenvalue weighted by Gasteiger charge is -2.16. The van der Waals surface area contributed by atoms with Crippen LogP contribution in [0.4, 0.5) is 17.5 Å². The third-order valence-corrected chi connectivity index (χ3v) is 3.65. The Bertz CT molecular complexity index is 602. The third-order valence-electron chi connectivity index (χ3n) is 3.07. The van der Waals surface area contributed by atoms with Crippen molar-refractivity contribution in [1.29, 1.82) is 0 Å². The van der Waals surface area contributed by atoms with Crippen LogP contribution in [0.3, 0.4) is 0 Å². The molecular formula is C15H19BrN4O. The van der Waals surface area contributed by atoms with Gasteiger partial charge in [0, 0.05) is 11.9 Å². The van der Waals surface area contributed by atoms with Crippen molar-refractivity contribution in [3.63, 3.8) is 0 Å². The molecular weight excluding hydrogens is 332 g/mol. The minimum Gasteiger partial charge on any atom is -0.394 e. The van der Waals surface area contributed by atoms with Gasteiger partial charge in [-0.2, -0.15) is 4.98 Å². The third kappa shape index (κ3) is 4.41. The van der Waals surface area contributed by atoms with E-state index < -0.39 is 0 Å². The molecule has 6 heteroatoms. The second-order valence-corrected chi connectivity index (χ2v) is 5.67. The van der Waals surface area contributed by atoms with Crippen molar-refractivity contribution in [2.45, 2.75) is 26.3 Å². The molecule has 1 heterocycles. The molecule has 1 unspecified atom stereocenters. The zero-order chi connectivity index (χ0) is 15.2. The van der Waals surface area contributed by atoms with Crippen LogP contribution in [-0.4, -0.2) is 27.7 Å². The van der Waals surface area contributed by atoms with E-state index in [4.69, 9.17) is 0 Å². The lowest BCUT2D eigenvalue weighted by atomic mass is 10.2. The van der Waals surface area contributed by atoms with Gasteiger partial charge in [-0.05, 0) is 47.0 Å². The average Bonchev–Trinajstić information content (AvgIpc) is 2.48. The largest absolute Gasteiger partial charge is 0.394 e. The summed E-state index contributed by atoms with van der Waals surface area (Å²) < 4.78 is 0.768. The molecule has 5 nitrogen and oxygen atoms in total. The van der Waals surface area contributed by atoms with E-state index in [2.05, 4.69) is 36.5 Å². The highest BCUT2D eigenvalue weighted by Gasteiger charge is 2.10. The Morgan fingerprint density at radius 1 is 1.38 bits per heavy atom. The van der Waals surface area contributed by atoms with E-state index in [1.54, 1.807) is 6.20 Å². The van der Waals surface area contributed by atoms with Gasteiger partial charge in [0.15, 0.2) is 0 Å². The van der Waals surface area contributed by atoms with Crippen molar-refractivity contribution in [3.8, 4) is 0 Å². The summed E-state index contributed by atoms with van der Waals surface area (Å²) in [5, 5.41) is 15.6. The highest BCUT2D eigenvalue weighted by molar-refractivity contribution is 9.10. The number of rotatable bonds is 6. The summed E-state index contributed by atoms with van der Waals surface area (Å²) >= 11 is 3.42. The fourth-order valence-electron chi connectivity index (χ4n) is 1.85. The fourth-order valence-corrected chi connectivity index (χ4v) is 2.16. The maximum atomic E-state index is 9.28. The summed E-state index contributed by atoms with van der Waals surface area (Å²) in [7, 11) is 0. The molecule has 2 rings (SSSR count). The van der Waals surface area contributed by atoms with Crippen LogP contribution in [0.15, 0.2) is 34.9 Å². The van der Waals surface area contributed by atoms with Gasteiger partial charge in [0.2, 0.25) is 5.95 Å². The number of aryl methyl sites for hydroxylation is 1. The number of benzene rings is 1. The first kappa shape index (κ1) is 15.7. The molecule has 1 atom stereocenters. The number of anilines is 3. The van der Waals surface area contributed by atoms with Crippen molar-refractivity contribution in [2.24, 2.45) is 0 Å². The number of halogens is 1. The molecule has 0 bridgehead atoms. The van der Waals surface area contributed by atoms with Crippen molar-refractivity contribution in [2.75, 3.05) is 17.2 Å². The van der Waals surface area contributed by atoms with E-state index >= 15 is 0 Å². The summed E-state index contributed by atoms with van der Waals surface area (Å²) in [5.74, 6) is 1.18. The van der Waals surface area contributed by atoms with E-state index in [0.29, 0.717) is 11.8 Å². The molecule has 1 aromatic heterocycles. The first-order valence-electron chi connectivity index (χ1n) is 6.86.